The number of hydrogen-bond acceptors (Lipinski definition) is 7. The summed E-state index contributed by atoms with van der Waals surface area (Å²) in [6.45, 7) is 5.92. The Hall–Kier alpha value is -2.62. The Morgan fingerprint density at radius 2 is 1.91 bits per heavy atom. The molecule has 190 valence electrons. The predicted molar refractivity (Wildman–Crippen MR) is 122 cm³/mol. The zero-order chi connectivity index (χ0) is 24.9. The number of nitrogens with zero attached hydrogens (tertiary/aromatic N) is 2. The van der Waals surface area contributed by atoms with Crippen LogP contribution in [0, 0.1) is 11.7 Å². The summed E-state index contributed by atoms with van der Waals surface area (Å²) in [7, 11) is 1.42. The van der Waals surface area contributed by atoms with Crippen molar-refractivity contribution in [1.82, 2.24) is 15.2 Å². The quantitative estimate of drug-likeness (QED) is 0.615. The number of ether oxygens (including phenoxy) is 3. The van der Waals surface area contributed by atoms with Crippen LogP contribution >= 0.6 is 0 Å². The Morgan fingerprint density at radius 1 is 1.21 bits per heavy atom. The molecule has 9 nitrogen and oxygen atoms in total. The van der Waals surface area contributed by atoms with E-state index in [1.54, 1.807) is 20.8 Å². The number of halogens is 1. The van der Waals surface area contributed by atoms with Crippen LogP contribution in [0.3, 0.4) is 0 Å². The Morgan fingerprint density at radius 3 is 2.53 bits per heavy atom. The van der Waals surface area contributed by atoms with Crippen molar-refractivity contribution < 1.29 is 33.3 Å². The lowest BCUT2D eigenvalue weighted by Gasteiger charge is -2.28. The molecular weight excluding hydrogens is 445 g/mol. The van der Waals surface area contributed by atoms with Gasteiger partial charge in [-0.15, -0.1) is 0 Å². The van der Waals surface area contributed by atoms with Crippen molar-refractivity contribution in [1.29, 1.82) is 0 Å². The standard InChI is InChI=1S/C24H36FN3O6/c1-24(2,3)34-23(31)28-11-5-6-19(28)20(30)26-13-16-12-18(25)22(27-21(16)32-4)33-17-9-7-15(14-29)8-10-17/h12,15,17,19,29H,5-11,13-14H2,1-4H3,(H,26,30). The normalized spacial score (nSPS) is 22.9. The fraction of sp³-hybridized carbons (Fsp3) is 0.708. The minimum Gasteiger partial charge on any atom is -0.481 e. The van der Waals surface area contributed by atoms with E-state index in [9.17, 15) is 19.1 Å². The van der Waals surface area contributed by atoms with Gasteiger partial charge in [0, 0.05) is 25.3 Å². The smallest absolute Gasteiger partial charge is 0.410 e. The van der Waals surface area contributed by atoms with Crippen molar-refractivity contribution in [2.75, 3.05) is 20.3 Å². The second kappa shape index (κ2) is 11.2. The second-order valence-electron chi connectivity index (χ2n) is 9.94. The van der Waals surface area contributed by atoms with Gasteiger partial charge >= 0.3 is 6.09 Å². The van der Waals surface area contributed by atoms with Crippen molar-refractivity contribution in [3.63, 3.8) is 0 Å². The molecule has 3 rings (SSSR count). The van der Waals surface area contributed by atoms with E-state index in [-0.39, 0.29) is 42.8 Å². The molecule has 1 unspecified atom stereocenters. The van der Waals surface area contributed by atoms with Gasteiger partial charge in [0.1, 0.15) is 17.7 Å². The number of hydrogen-bond donors (Lipinski definition) is 2. The molecule has 2 N–H and O–H groups in total. The van der Waals surface area contributed by atoms with Gasteiger partial charge in [0.15, 0.2) is 5.82 Å². The molecule has 0 bridgehead atoms. The predicted octanol–water partition coefficient (Wildman–Crippen LogP) is 3.17. The maximum absolute atomic E-state index is 14.7. The molecule has 34 heavy (non-hydrogen) atoms. The number of nitrogens with one attached hydrogen (secondary N) is 1. The van der Waals surface area contributed by atoms with Crippen LogP contribution in [0.5, 0.6) is 11.8 Å². The van der Waals surface area contributed by atoms with Gasteiger partial charge in [-0.2, -0.15) is 4.98 Å². The zero-order valence-electron chi connectivity index (χ0n) is 20.4. The Kier molecular flexibility index (Phi) is 8.57. The highest BCUT2D eigenvalue weighted by Crippen LogP contribution is 2.30. The molecule has 2 heterocycles. The SMILES string of the molecule is COc1nc(OC2CCC(CO)CC2)c(F)cc1CNC(=O)C1CCCN1C(=O)OC(C)(C)C. The fourth-order valence-electron chi connectivity index (χ4n) is 4.35. The van der Waals surface area contributed by atoms with E-state index in [4.69, 9.17) is 14.2 Å². The number of amides is 2. The van der Waals surface area contributed by atoms with Crippen LogP contribution in [0.4, 0.5) is 9.18 Å². The Balaban J connectivity index is 1.61. The van der Waals surface area contributed by atoms with E-state index >= 15 is 0 Å². The molecule has 1 atom stereocenters. The summed E-state index contributed by atoms with van der Waals surface area (Å²) in [6, 6.07) is 0.608. The molecule has 1 aliphatic carbocycles. The summed E-state index contributed by atoms with van der Waals surface area (Å²) in [6.07, 6.45) is 3.63. The third kappa shape index (κ3) is 6.71. The van der Waals surface area contributed by atoms with E-state index in [0.717, 1.165) is 25.7 Å². The molecule has 2 aliphatic rings. The molecule has 2 amide bonds. The first-order valence-corrected chi connectivity index (χ1v) is 11.9. The van der Waals surface area contributed by atoms with Crippen LogP contribution in [-0.2, 0) is 16.1 Å². The maximum Gasteiger partial charge on any atom is 0.410 e. The van der Waals surface area contributed by atoms with E-state index in [0.29, 0.717) is 24.9 Å². The molecule has 1 aromatic rings. The third-order valence-electron chi connectivity index (χ3n) is 6.14. The maximum atomic E-state index is 14.7. The van der Waals surface area contributed by atoms with Crippen molar-refractivity contribution >= 4 is 12.0 Å². The third-order valence-corrected chi connectivity index (χ3v) is 6.14. The van der Waals surface area contributed by atoms with Gasteiger partial charge < -0.3 is 24.6 Å². The van der Waals surface area contributed by atoms with Crippen LogP contribution < -0.4 is 14.8 Å². The average molecular weight is 482 g/mol. The van der Waals surface area contributed by atoms with Gasteiger partial charge in [-0.25, -0.2) is 9.18 Å². The lowest BCUT2D eigenvalue weighted by atomic mass is 9.88. The van der Waals surface area contributed by atoms with Gasteiger partial charge in [-0.1, -0.05) is 0 Å². The van der Waals surface area contributed by atoms with Crippen LogP contribution in [0.25, 0.3) is 0 Å². The van der Waals surface area contributed by atoms with Crippen LogP contribution in [-0.4, -0.2) is 65.0 Å². The van der Waals surface area contributed by atoms with Gasteiger partial charge in [0.2, 0.25) is 11.8 Å². The molecular formula is C24H36FN3O6. The minimum absolute atomic E-state index is 0.00747. The highest BCUT2D eigenvalue weighted by Gasteiger charge is 2.36. The van der Waals surface area contributed by atoms with Gasteiger partial charge in [0.05, 0.1) is 7.11 Å². The van der Waals surface area contributed by atoms with Gasteiger partial charge in [-0.3, -0.25) is 9.69 Å². The van der Waals surface area contributed by atoms with E-state index in [1.165, 1.54) is 18.1 Å². The molecule has 1 saturated carbocycles. The van der Waals surface area contributed by atoms with E-state index in [2.05, 4.69) is 10.3 Å². The lowest BCUT2D eigenvalue weighted by Crippen LogP contribution is -2.47. The number of carbonyl (C=O) groups is 2. The zero-order valence-corrected chi connectivity index (χ0v) is 20.4. The van der Waals surface area contributed by atoms with Crippen molar-refractivity contribution in [2.24, 2.45) is 5.92 Å². The molecule has 0 radical (unpaired) electrons. The minimum atomic E-state index is -0.654. The molecule has 1 aromatic heterocycles. The number of aliphatic hydroxyl groups is 1. The average Bonchev–Trinajstić information content (AvgIpc) is 3.28. The first kappa shape index (κ1) is 26.0. The number of aliphatic hydroxyl groups excluding tert-OH is 1. The highest BCUT2D eigenvalue weighted by atomic mass is 19.1. The number of aromatic nitrogens is 1. The number of pyridine rings is 1. The van der Waals surface area contributed by atoms with E-state index < -0.39 is 23.6 Å². The summed E-state index contributed by atoms with van der Waals surface area (Å²) < 4.78 is 31.2. The second-order valence-corrected chi connectivity index (χ2v) is 9.94. The summed E-state index contributed by atoms with van der Waals surface area (Å²) in [4.78, 5) is 30.9. The van der Waals surface area contributed by atoms with Crippen molar-refractivity contribution in [3.05, 3.63) is 17.4 Å². The Labute approximate surface area is 200 Å². The van der Waals surface area contributed by atoms with Crippen LogP contribution in [0.2, 0.25) is 0 Å². The summed E-state index contributed by atoms with van der Waals surface area (Å²) in [5.41, 5.74) is -0.286. The number of likely N-dealkylation sites (tertiary alicyclic amines) is 1. The molecule has 1 saturated heterocycles. The van der Waals surface area contributed by atoms with E-state index in [1.807, 2.05) is 0 Å². The molecule has 1 aliphatic heterocycles. The fourth-order valence-corrected chi connectivity index (χ4v) is 4.35. The van der Waals surface area contributed by atoms with Crippen molar-refractivity contribution in [2.45, 2.75) is 83.6 Å². The number of carbonyl (C=O) groups excluding carboxylic acids is 2. The summed E-state index contributed by atoms with van der Waals surface area (Å²) in [5, 5.41) is 12.0. The lowest BCUT2D eigenvalue weighted by molar-refractivity contribution is -0.125. The number of methoxy groups -OCH3 is 1. The molecule has 0 aromatic carbocycles. The summed E-state index contributed by atoms with van der Waals surface area (Å²) >= 11 is 0. The first-order valence-electron chi connectivity index (χ1n) is 11.9. The van der Waals surface area contributed by atoms with Crippen molar-refractivity contribution in [3.8, 4) is 11.8 Å². The first-order chi connectivity index (χ1) is 16.1. The summed E-state index contributed by atoms with van der Waals surface area (Å²) in [5.74, 6) is -0.677. The molecule has 10 heteroatoms. The van der Waals surface area contributed by atoms with Crippen LogP contribution in [0.1, 0.15) is 64.9 Å². The number of rotatable bonds is 7. The molecule has 2 fully saturated rings. The monoisotopic (exact) mass is 481 g/mol. The van der Waals surface area contributed by atoms with Gasteiger partial charge in [-0.05, 0) is 71.3 Å². The Bertz CT molecular complexity index is 867. The van der Waals surface area contributed by atoms with Crippen LogP contribution in [0.15, 0.2) is 6.07 Å². The molecule has 0 spiro atoms. The topological polar surface area (TPSA) is 110 Å². The van der Waals surface area contributed by atoms with Gasteiger partial charge in [0.25, 0.3) is 5.88 Å². The largest absolute Gasteiger partial charge is 0.481 e. The highest BCUT2D eigenvalue weighted by molar-refractivity contribution is 5.86.